The van der Waals surface area contributed by atoms with Crippen LogP contribution in [0.15, 0.2) is 36.5 Å². The lowest BCUT2D eigenvalue weighted by Crippen LogP contribution is -2.49. The van der Waals surface area contributed by atoms with E-state index in [-0.39, 0.29) is 23.9 Å². The van der Waals surface area contributed by atoms with Crippen LogP contribution in [0.25, 0.3) is 11.1 Å². The SMILES string of the molecule is Nc1ncc(-c2ccc([C@]34C[C@H]3CN(C3COC3)C4)cc2)cc1C(=O)NC1CCC(O)CC1. The highest BCUT2D eigenvalue weighted by atomic mass is 16.5. The summed E-state index contributed by atoms with van der Waals surface area (Å²) in [6, 6.07) is 11.3. The Kier molecular flexibility index (Phi) is 5.16. The minimum Gasteiger partial charge on any atom is -0.393 e. The lowest BCUT2D eigenvalue weighted by molar-refractivity contribution is -0.0610. The summed E-state index contributed by atoms with van der Waals surface area (Å²) < 4.78 is 5.39. The molecule has 2 aliphatic heterocycles. The number of nitrogens with zero attached hydrogens (tertiary/aromatic N) is 2. The van der Waals surface area contributed by atoms with E-state index >= 15 is 0 Å². The van der Waals surface area contributed by atoms with Crippen molar-refractivity contribution in [3.8, 4) is 11.1 Å². The molecule has 174 valence electrons. The van der Waals surface area contributed by atoms with Crippen LogP contribution in [-0.4, -0.2) is 65.4 Å². The third kappa shape index (κ3) is 3.82. The number of nitrogen functional groups attached to an aromatic ring is 1. The molecule has 33 heavy (non-hydrogen) atoms. The summed E-state index contributed by atoms with van der Waals surface area (Å²) in [5.41, 5.74) is 10.1. The average molecular weight is 449 g/mol. The van der Waals surface area contributed by atoms with Crippen LogP contribution in [-0.2, 0) is 10.2 Å². The molecule has 0 unspecified atom stereocenters. The van der Waals surface area contributed by atoms with Gasteiger partial charge >= 0.3 is 0 Å². The number of likely N-dealkylation sites (tertiary alicyclic amines) is 1. The second-order valence-corrected chi connectivity index (χ2v) is 10.4. The zero-order chi connectivity index (χ0) is 22.6. The molecule has 2 aliphatic carbocycles. The number of carbonyl (C=O) groups is 1. The van der Waals surface area contributed by atoms with E-state index < -0.39 is 0 Å². The maximum atomic E-state index is 12.9. The number of pyridine rings is 1. The number of benzene rings is 1. The van der Waals surface area contributed by atoms with E-state index in [1.165, 1.54) is 18.5 Å². The van der Waals surface area contributed by atoms with Gasteiger partial charge in [-0.2, -0.15) is 0 Å². The van der Waals surface area contributed by atoms with E-state index in [2.05, 4.69) is 39.5 Å². The smallest absolute Gasteiger partial charge is 0.255 e. The Morgan fingerprint density at radius 2 is 1.91 bits per heavy atom. The molecular weight excluding hydrogens is 416 g/mol. The van der Waals surface area contributed by atoms with Crippen molar-refractivity contribution in [2.24, 2.45) is 5.92 Å². The lowest BCUT2D eigenvalue weighted by Gasteiger charge is -2.36. The minimum absolute atomic E-state index is 0.0754. The molecule has 7 nitrogen and oxygen atoms in total. The molecule has 0 spiro atoms. The van der Waals surface area contributed by atoms with E-state index in [1.54, 1.807) is 6.20 Å². The van der Waals surface area contributed by atoms with Crippen molar-refractivity contribution in [1.82, 2.24) is 15.2 Å². The zero-order valence-electron chi connectivity index (χ0n) is 18.9. The molecule has 2 saturated carbocycles. The Morgan fingerprint density at radius 1 is 1.15 bits per heavy atom. The molecule has 2 aromatic rings. The van der Waals surface area contributed by atoms with Crippen molar-refractivity contribution in [3.05, 3.63) is 47.7 Å². The Morgan fingerprint density at radius 3 is 2.61 bits per heavy atom. The van der Waals surface area contributed by atoms with Crippen LogP contribution < -0.4 is 11.1 Å². The van der Waals surface area contributed by atoms with Gasteiger partial charge in [-0.25, -0.2) is 4.98 Å². The Hall–Kier alpha value is -2.48. The van der Waals surface area contributed by atoms with Crippen molar-refractivity contribution in [2.75, 3.05) is 32.0 Å². The van der Waals surface area contributed by atoms with Gasteiger partial charge in [0.05, 0.1) is 30.9 Å². The molecule has 4 fully saturated rings. The third-order valence-electron chi connectivity index (χ3n) is 8.30. The third-order valence-corrected chi connectivity index (χ3v) is 8.30. The van der Waals surface area contributed by atoms with Crippen LogP contribution >= 0.6 is 0 Å². The average Bonchev–Trinajstić information content (AvgIpc) is 3.36. The van der Waals surface area contributed by atoms with Gasteiger partial charge < -0.3 is 20.9 Å². The normalized spacial score (nSPS) is 31.6. The van der Waals surface area contributed by atoms with Crippen LogP contribution in [0.4, 0.5) is 5.82 Å². The molecule has 1 aromatic carbocycles. The first-order valence-electron chi connectivity index (χ1n) is 12.2. The number of hydrogen-bond donors (Lipinski definition) is 3. The molecule has 0 bridgehead atoms. The van der Waals surface area contributed by atoms with Crippen molar-refractivity contribution in [2.45, 2.75) is 55.7 Å². The van der Waals surface area contributed by atoms with Crippen LogP contribution in [0.3, 0.4) is 0 Å². The highest BCUT2D eigenvalue weighted by Gasteiger charge is 2.61. The number of nitrogens with one attached hydrogen (secondary N) is 1. The maximum absolute atomic E-state index is 12.9. The molecule has 2 atom stereocenters. The minimum atomic E-state index is -0.249. The second-order valence-electron chi connectivity index (χ2n) is 10.4. The molecule has 6 rings (SSSR count). The number of aromatic nitrogens is 1. The number of hydrogen-bond acceptors (Lipinski definition) is 6. The number of anilines is 1. The first kappa shape index (κ1) is 21.1. The van der Waals surface area contributed by atoms with Crippen molar-refractivity contribution < 1.29 is 14.6 Å². The van der Waals surface area contributed by atoms with Crippen molar-refractivity contribution in [1.29, 1.82) is 0 Å². The quantitative estimate of drug-likeness (QED) is 0.649. The van der Waals surface area contributed by atoms with E-state index in [0.717, 1.165) is 62.5 Å². The van der Waals surface area contributed by atoms with Gasteiger partial charge in [0.2, 0.25) is 0 Å². The summed E-state index contributed by atoms with van der Waals surface area (Å²) in [5.74, 6) is 0.818. The van der Waals surface area contributed by atoms with Gasteiger partial charge in [0.1, 0.15) is 5.82 Å². The standard InChI is InChI=1S/C26H32N4O3/c27-24-23(25(32)29-20-5-7-22(31)8-6-20)9-17(11-28-24)16-1-3-18(4-2-16)26-10-19(26)12-30(15-26)21-13-33-14-21/h1-4,9,11,19-22,31H,5-8,10,12-15H2,(H2,27,28)(H,29,32)/t19-,20?,22?,26+/m0/s1. The summed E-state index contributed by atoms with van der Waals surface area (Å²) in [5, 5.41) is 12.8. The van der Waals surface area contributed by atoms with Gasteiger partial charge in [-0.15, -0.1) is 0 Å². The molecule has 3 heterocycles. The first-order valence-corrected chi connectivity index (χ1v) is 12.2. The molecule has 2 saturated heterocycles. The molecule has 7 heteroatoms. The first-order chi connectivity index (χ1) is 16.0. The lowest BCUT2D eigenvalue weighted by atomic mass is 9.92. The molecule has 1 amide bonds. The number of rotatable bonds is 5. The Labute approximate surface area is 194 Å². The summed E-state index contributed by atoms with van der Waals surface area (Å²) in [6.07, 6.45) is 5.79. The molecule has 4 N–H and O–H groups in total. The topological polar surface area (TPSA) is 101 Å². The van der Waals surface area contributed by atoms with Gasteiger partial charge in [0.25, 0.3) is 5.91 Å². The largest absolute Gasteiger partial charge is 0.393 e. The summed E-state index contributed by atoms with van der Waals surface area (Å²) >= 11 is 0. The highest BCUT2D eigenvalue weighted by Crippen LogP contribution is 2.59. The van der Waals surface area contributed by atoms with Gasteiger partial charge in [-0.1, -0.05) is 24.3 Å². The second kappa shape index (κ2) is 8.08. The number of nitrogens with two attached hydrogens (primary N) is 1. The molecular formula is C26H32N4O3. The number of aliphatic hydroxyl groups is 1. The van der Waals surface area contributed by atoms with Crippen LogP contribution in [0.1, 0.15) is 48.0 Å². The molecule has 0 radical (unpaired) electrons. The monoisotopic (exact) mass is 448 g/mol. The molecule has 4 aliphatic rings. The van der Waals surface area contributed by atoms with Gasteiger partial charge in [0.15, 0.2) is 0 Å². The summed E-state index contributed by atoms with van der Waals surface area (Å²) in [4.78, 5) is 19.8. The fourth-order valence-electron chi connectivity index (χ4n) is 5.97. The van der Waals surface area contributed by atoms with Gasteiger partial charge in [-0.3, -0.25) is 9.69 Å². The van der Waals surface area contributed by atoms with Crippen LogP contribution in [0, 0.1) is 5.92 Å². The summed E-state index contributed by atoms with van der Waals surface area (Å²) in [6.45, 7) is 4.09. The van der Waals surface area contributed by atoms with E-state index in [4.69, 9.17) is 10.5 Å². The van der Waals surface area contributed by atoms with E-state index in [9.17, 15) is 9.90 Å². The number of amides is 1. The fraction of sp³-hybridized carbons (Fsp3) is 0.538. The Balaban J connectivity index is 1.16. The van der Waals surface area contributed by atoms with Crippen molar-refractivity contribution >= 4 is 11.7 Å². The number of aliphatic hydroxyl groups excluding tert-OH is 1. The fourth-order valence-corrected chi connectivity index (χ4v) is 5.97. The number of ether oxygens (including phenoxy) is 1. The zero-order valence-corrected chi connectivity index (χ0v) is 18.9. The number of fused-ring (bicyclic) bond motifs is 1. The number of piperidine rings is 1. The van der Waals surface area contributed by atoms with Crippen LogP contribution in [0.2, 0.25) is 0 Å². The maximum Gasteiger partial charge on any atom is 0.255 e. The predicted molar refractivity (Wildman–Crippen MR) is 126 cm³/mol. The summed E-state index contributed by atoms with van der Waals surface area (Å²) in [7, 11) is 0. The number of carbonyl (C=O) groups excluding carboxylic acids is 1. The van der Waals surface area contributed by atoms with E-state index in [0.29, 0.717) is 17.0 Å². The van der Waals surface area contributed by atoms with Gasteiger partial charge in [-0.05, 0) is 55.2 Å². The van der Waals surface area contributed by atoms with Crippen molar-refractivity contribution in [3.63, 3.8) is 0 Å². The predicted octanol–water partition coefficient (Wildman–Crippen LogP) is 2.34. The van der Waals surface area contributed by atoms with Crippen LogP contribution in [0.5, 0.6) is 0 Å². The Bertz CT molecular complexity index is 1050. The highest BCUT2D eigenvalue weighted by molar-refractivity contribution is 5.99. The molecule has 1 aromatic heterocycles. The van der Waals surface area contributed by atoms with E-state index in [1.807, 2.05) is 6.07 Å². The van der Waals surface area contributed by atoms with Gasteiger partial charge in [0, 0.05) is 36.3 Å².